The number of aromatic nitrogens is 2. The maximum Gasteiger partial charge on any atom is 0.350 e. The highest BCUT2D eigenvalue weighted by molar-refractivity contribution is 7.21. The Morgan fingerprint density at radius 1 is 1.28 bits per heavy atom. The minimum absolute atomic E-state index is 0.108. The number of aromatic amines is 1. The number of para-hydroxylation sites is 2. The van der Waals surface area contributed by atoms with E-state index in [1.54, 1.807) is 30.3 Å². The molecule has 0 aliphatic heterocycles. The zero-order chi connectivity index (χ0) is 20.5. The summed E-state index contributed by atoms with van der Waals surface area (Å²) in [5, 5.41) is 21.2. The van der Waals surface area contributed by atoms with Crippen molar-refractivity contribution in [2.24, 2.45) is 0 Å². The highest BCUT2D eigenvalue weighted by atomic mass is 35.5. The quantitative estimate of drug-likeness (QED) is 0.238. The molecule has 0 bridgehead atoms. The Morgan fingerprint density at radius 2 is 2.07 bits per heavy atom. The first kappa shape index (κ1) is 19.3. The monoisotopic (exact) mass is 443 g/mol. The Bertz CT molecular complexity index is 1300. The number of hydrogen-bond donors (Lipinski definition) is 2. The third-order valence-corrected chi connectivity index (χ3v) is 6.02. The predicted molar refractivity (Wildman–Crippen MR) is 113 cm³/mol. The van der Waals surface area contributed by atoms with Crippen LogP contribution in [0.5, 0.6) is 0 Å². The molecule has 0 spiro atoms. The molecule has 0 fully saturated rings. The summed E-state index contributed by atoms with van der Waals surface area (Å²) in [5.74, 6) is -0.933. The number of allylic oxidation sites excluding steroid dienone is 1. The number of fused-ring (bicyclic) bond motifs is 2. The normalized spacial score (nSPS) is 12.0. The van der Waals surface area contributed by atoms with Crippen LogP contribution in [0.2, 0.25) is 10.0 Å². The number of carbonyl (C=O) groups is 1. The Balaban J connectivity index is 1.57. The third kappa shape index (κ3) is 3.66. The van der Waals surface area contributed by atoms with Crippen LogP contribution in [0.3, 0.4) is 0 Å². The van der Waals surface area contributed by atoms with E-state index >= 15 is 0 Å². The summed E-state index contributed by atoms with van der Waals surface area (Å²) in [6, 6.07) is 14.2. The molecule has 2 aromatic heterocycles. The van der Waals surface area contributed by atoms with Gasteiger partial charge >= 0.3 is 5.97 Å². The number of nitrogens with one attached hydrogen (secondary N) is 1. The van der Waals surface area contributed by atoms with Crippen molar-refractivity contribution in [2.75, 3.05) is 6.61 Å². The Kier molecular flexibility index (Phi) is 5.16. The van der Waals surface area contributed by atoms with Crippen LogP contribution in [-0.4, -0.2) is 27.7 Å². The highest BCUT2D eigenvalue weighted by Crippen LogP contribution is 2.37. The number of benzene rings is 2. The molecule has 29 heavy (non-hydrogen) atoms. The molecule has 0 atom stereocenters. The van der Waals surface area contributed by atoms with Gasteiger partial charge in [-0.05, 0) is 24.3 Å². The maximum absolute atomic E-state index is 12.4. The average molecular weight is 444 g/mol. The van der Waals surface area contributed by atoms with Crippen molar-refractivity contribution in [1.29, 1.82) is 5.26 Å². The lowest BCUT2D eigenvalue weighted by molar-refractivity contribution is 0.0508. The number of nitriles is 1. The van der Waals surface area contributed by atoms with E-state index in [1.807, 2.05) is 18.2 Å². The van der Waals surface area contributed by atoms with Gasteiger partial charge in [-0.15, -0.1) is 11.3 Å². The maximum atomic E-state index is 12.4. The molecular weight excluding hydrogens is 433 g/mol. The van der Waals surface area contributed by atoms with Gasteiger partial charge in [0.15, 0.2) is 11.6 Å². The van der Waals surface area contributed by atoms with Crippen molar-refractivity contribution in [3.8, 4) is 6.07 Å². The van der Waals surface area contributed by atoms with Crippen molar-refractivity contribution < 1.29 is 14.6 Å². The molecule has 0 saturated heterocycles. The second-order valence-corrected chi connectivity index (χ2v) is 7.86. The van der Waals surface area contributed by atoms with Gasteiger partial charge in [-0.2, -0.15) is 5.26 Å². The van der Waals surface area contributed by atoms with Gasteiger partial charge in [0, 0.05) is 15.1 Å². The number of aliphatic hydroxyl groups is 1. The molecule has 4 aromatic rings. The minimum Gasteiger partial charge on any atom is -0.507 e. The van der Waals surface area contributed by atoms with Crippen LogP contribution in [0.4, 0.5) is 0 Å². The minimum atomic E-state index is -0.708. The molecule has 0 amide bonds. The van der Waals surface area contributed by atoms with Gasteiger partial charge in [-0.25, -0.2) is 9.78 Å². The van der Waals surface area contributed by atoms with E-state index in [-0.39, 0.29) is 21.3 Å². The molecule has 0 saturated carbocycles. The number of thiophene rings is 1. The van der Waals surface area contributed by atoms with Gasteiger partial charge in [0.1, 0.15) is 23.1 Å². The van der Waals surface area contributed by atoms with E-state index < -0.39 is 18.3 Å². The number of hydrogen-bond acceptors (Lipinski definition) is 6. The summed E-state index contributed by atoms with van der Waals surface area (Å²) >= 11 is 13.4. The summed E-state index contributed by atoms with van der Waals surface area (Å²) in [5.41, 5.74) is 1.26. The van der Waals surface area contributed by atoms with Crippen molar-refractivity contribution in [3.05, 3.63) is 69.0 Å². The van der Waals surface area contributed by atoms with Gasteiger partial charge in [0.05, 0.1) is 16.1 Å². The molecular formula is C20H11Cl2N3O3S. The standard InChI is InChI=1S/C20H11Cl2N3O3S/c21-10-5-6-11-16(7-10)29-18(17(11)22)20(27)28-9-15(26)12(8-23)19-24-13-3-1-2-4-14(13)25-19/h1-7,26H,9H2,(H,24,25). The summed E-state index contributed by atoms with van der Waals surface area (Å²) in [6.07, 6.45) is 0. The molecule has 0 aliphatic rings. The largest absolute Gasteiger partial charge is 0.507 e. The smallest absolute Gasteiger partial charge is 0.350 e. The van der Waals surface area contributed by atoms with E-state index in [1.165, 1.54) is 0 Å². The number of H-pyrrole nitrogens is 1. The van der Waals surface area contributed by atoms with Crippen LogP contribution in [0.15, 0.2) is 48.2 Å². The van der Waals surface area contributed by atoms with Crippen molar-refractivity contribution in [3.63, 3.8) is 0 Å². The third-order valence-electron chi connectivity index (χ3n) is 4.14. The lowest BCUT2D eigenvalue weighted by Crippen LogP contribution is -2.08. The summed E-state index contributed by atoms with van der Waals surface area (Å²) < 4.78 is 5.91. The second-order valence-electron chi connectivity index (χ2n) is 6.00. The van der Waals surface area contributed by atoms with Crippen LogP contribution >= 0.6 is 34.5 Å². The lowest BCUT2D eigenvalue weighted by atomic mass is 10.2. The zero-order valence-electron chi connectivity index (χ0n) is 14.6. The van der Waals surface area contributed by atoms with Crippen LogP contribution in [0.25, 0.3) is 26.7 Å². The van der Waals surface area contributed by atoms with E-state index in [0.717, 1.165) is 21.6 Å². The number of aliphatic hydroxyl groups excluding tert-OH is 1. The molecule has 0 radical (unpaired) electrons. The fourth-order valence-electron chi connectivity index (χ4n) is 2.77. The van der Waals surface area contributed by atoms with Gasteiger partial charge in [0.2, 0.25) is 0 Å². The van der Waals surface area contributed by atoms with Crippen LogP contribution in [-0.2, 0) is 4.74 Å². The van der Waals surface area contributed by atoms with Gasteiger partial charge < -0.3 is 14.8 Å². The van der Waals surface area contributed by atoms with E-state index in [2.05, 4.69) is 9.97 Å². The van der Waals surface area contributed by atoms with Crippen LogP contribution < -0.4 is 0 Å². The number of nitrogens with zero attached hydrogens (tertiary/aromatic N) is 2. The first-order chi connectivity index (χ1) is 14.0. The second kappa shape index (κ2) is 7.76. The number of rotatable bonds is 4. The molecule has 0 aliphatic carbocycles. The molecule has 144 valence electrons. The highest BCUT2D eigenvalue weighted by Gasteiger charge is 2.20. The van der Waals surface area contributed by atoms with Gasteiger partial charge in [-0.1, -0.05) is 41.4 Å². The average Bonchev–Trinajstić information content (AvgIpc) is 3.27. The molecule has 9 heteroatoms. The van der Waals surface area contributed by atoms with Crippen LogP contribution in [0.1, 0.15) is 15.5 Å². The number of halogens is 2. The number of imidazole rings is 1. The van der Waals surface area contributed by atoms with Crippen molar-refractivity contribution in [2.45, 2.75) is 0 Å². The number of ether oxygens (including phenoxy) is 1. The summed E-state index contributed by atoms with van der Waals surface area (Å²) in [4.78, 5) is 19.9. The molecule has 0 unspecified atom stereocenters. The first-order valence-electron chi connectivity index (χ1n) is 8.30. The van der Waals surface area contributed by atoms with Crippen LogP contribution in [0, 0.1) is 11.3 Å². The summed E-state index contributed by atoms with van der Waals surface area (Å²) in [6.45, 7) is -0.496. The number of carbonyl (C=O) groups excluding carboxylic acids is 1. The Labute approximate surface area is 178 Å². The van der Waals surface area contributed by atoms with Crippen molar-refractivity contribution >= 4 is 67.2 Å². The summed E-state index contributed by atoms with van der Waals surface area (Å²) in [7, 11) is 0. The topological polar surface area (TPSA) is 99.0 Å². The first-order valence-corrected chi connectivity index (χ1v) is 9.87. The molecule has 4 rings (SSSR count). The predicted octanol–water partition coefficient (Wildman–Crippen LogP) is 5.73. The van der Waals surface area contributed by atoms with Gasteiger partial charge in [0.25, 0.3) is 0 Å². The zero-order valence-corrected chi connectivity index (χ0v) is 16.9. The Morgan fingerprint density at radius 3 is 2.83 bits per heavy atom. The fourth-order valence-corrected chi connectivity index (χ4v) is 4.45. The molecule has 2 heterocycles. The molecule has 2 aromatic carbocycles. The SMILES string of the molecule is N#CC(=C(O)COC(=O)c1sc2cc(Cl)ccc2c1Cl)c1nc2ccccc2[nH]1. The Hall–Kier alpha value is -3.05. The van der Waals surface area contributed by atoms with E-state index in [4.69, 9.17) is 27.9 Å². The van der Waals surface area contributed by atoms with E-state index in [0.29, 0.717) is 15.9 Å². The lowest BCUT2D eigenvalue weighted by Gasteiger charge is -2.04. The van der Waals surface area contributed by atoms with E-state index in [9.17, 15) is 15.2 Å². The fraction of sp³-hybridized carbons (Fsp3) is 0.0500. The molecule has 2 N–H and O–H groups in total. The number of esters is 1. The van der Waals surface area contributed by atoms with Gasteiger partial charge in [-0.3, -0.25) is 0 Å². The van der Waals surface area contributed by atoms with Crippen molar-refractivity contribution in [1.82, 2.24) is 9.97 Å². The molecule has 6 nitrogen and oxygen atoms in total.